The third kappa shape index (κ3) is 3.74. The Kier molecular flexibility index (Phi) is 4.50. The fourth-order valence-electron chi connectivity index (χ4n) is 1.85. The second-order valence-corrected chi connectivity index (χ2v) is 6.39. The van der Waals surface area contributed by atoms with Crippen LogP contribution < -0.4 is 15.2 Å². The predicted molar refractivity (Wildman–Crippen MR) is 83.0 cm³/mol. The van der Waals surface area contributed by atoms with Crippen molar-refractivity contribution < 1.29 is 13.2 Å². The second kappa shape index (κ2) is 6.15. The molecule has 21 heavy (non-hydrogen) atoms. The van der Waals surface area contributed by atoms with Gasteiger partial charge in [-0.2, -0.15) is 0 Å². The zero-order valence-electron chi connectivity index (χ0n) is 12.0. The molecule has 0 amide bonds. The van der Waals surface area contributed by atoms with E-state index in [0.29, 0.717) is 23.7 Å². The van der Waals surface area contributed by atoms with E-state index in [1.54, 1.807) is 13.0 Å². The Bertz CT molecular complexity index is 742. The molecule has 2 rings (SSSR count). The molecule has 0 atom stereocenters. The van der Waals surface area contributed by atoms with Crippen LogP contribution in [0.15, 0.2) is 47.4 Å². The number of hydrogen-bond donors (Lipinski definition) is 2. The summed E-state index contributed by atoms with van der Waals surface area (Å²) in [6.07, 6.45) is 0. The molecule has 5 nitrogen and oxygen atoms in total. The Morgan fingerprint density at radius 1 is 1.19 bits per heavy atom. The molecule has 0 aliphatic rings. The summed E-state index contributed by atoms with van der Waals surface area (Å²) in [5, 5.41) is 0. The van der Waals surface area contributed by atoms with Crippen molar-refractivity contribution in [3.63, 3.8) is 0 Å². The van der Waals surface area contributed by atoms with Gasteiger partial charge in [-0.25, -0.2) is 13.1 Å². The number of hydrogen-bond acceptors (Lipinski definition) is 4. The van der Waals surface area contributed by atoms with E-state index in [2.05, 4.69) is 4.72 Å². The first kappa shape index (κ1) is 15.3. The Labute approximate surface area is 124 Å². The number of benzene rings is 2. The van der Waals surface area contributed by atoms with Crippen molar-refractivity contribution in [1.29, 1.82) is 0 Å². The van der Waals surface area contributed by atoms with Gasteiger partial charge in [-0.05, 0) is 36.8 Å². The van der Waals surface area contributed by atoms with Gasteiger partial charge in [0.1, 0.15) is 5.75 Å². The average molecular weight is 306 g/mol. The molecule has 0 saturated carbocycles. The fourth-order valence-corrected chi connectivity index (χ4v) is 2.91. The molecule has 0 saturated heterocycles. The van der Waals surface area contributed by atoms with E-state index < -0.39 is 10.0 Å². The van der Waals surface area contributed by atoms with Crippen LogP contribution in [-0.4, -0.2) is 15.0 Å². The minimum absolute atomic E-state index is 0.126. The lowest BCUT2D eigenvalue weighted by Gasteiger charge is -2.11. The molecule has 0 aliphatic carbocycles. The van der Waals surface area contributed by atoms with Gasteiger partial charge in [-0.3, -0.25) is 0 Å². The van der Waals surface area contributed by atoms with Gasteiger partial charge in [-0.1, -0.05) is 19.1 Å². The molecule has 2 aromatic rings. The average Bonchev–Trinajstić information content (AvgIpc) is 2.41. The molecule has 0 unspecified atom stereocenters. The lowest BCUT2D eigenvalue weighted by molar-refractivity contribution is 0.482. The van der Waals surface area contributed by atoms with E-state index >= 15 is 0 Å². The maximum atomic E-state index is 12.0. The molecule has 2 aromatic carbocycles. The number of sulfonamides is 1. The van der Waals surface area contributed by atoms with Crippen LogP contribution in [0, 0.1) is 6.92 Å². The van der Waals surface area contributed by atoms with Crippen LogP contribution in [-0.2, 0) is 10.0 Å². The molecule has 0 aliphatic heterocycles. The smallest absolute Gasteiger partial charge is 0.240 e. The topological polar surface area (TPSA) is 81.4 Å². The Morgan fingerprint density at radius 2 is 1.95 bits per heavy atom. The highest BCUT2D eigenvalue weighted by atomic mass is 32.2. The number of aryl methyl sites for hydroxylation is 1. The van der Waals surface area contributed by atoms with E-state index in [9.17, 15) is 8.42 Å². The van der Waals surface area contributed by atoms with Gasteiger partial charge < -0.3 is 10.5 Å². The number of nitrogen functional groups attached to an aromatic ring is 1. The summed E-state index contributed by atoms with van der Waals surface area (Å²) in [6, 6.07) is 11.9. The molecule has 6 heteroatoms. The number of nitrogens with one attached hydrogen (secondary N) is 1. The van der Waals surface area contributed by atoms with Gasteiger partial charge in [0.25, 0.3) is 0 Å². The zero-order chi connectivity index (χ0) is 15.5. The van der Waals surface area contributed by atoms with Crippen molar-refractivity contribution in [3.8, 4) is 11.5 Å². The molecule has 0 heterocycles. The largest absolute Gasteiger partial charge is 0.455 e. The van der Waals surface area contributed by atoms with Gasteiger partial charge in [0, 0.05) is 12.6 Å². The van der Waals surface area contributed by atoms with Crippen LogP contribution in [0.25, 0.3) is 0 Å². The summed E-state index contributed by atoms with van der Waals surface area (Å²) in [7, 11) is -3.54. The van der Waals surface area contributed by atoms with Crippen molar-refractivity contribution in [2.24, 2.45) is 0 Å². The van der Waals surface area contributed by atoms with Crippen molar-refractivity contribution in [3.05, 3.63) is 48.0 Å². The van der Waals surface area contributed by atoms with Crippen LogP contribution in [0.3, 0.4) is 0 Å². The molecule has 0 radical (unpaired) electrons. The Balaban J connectivity index is 2.36. The van der Waals surface area contributed by atoms with Gasteiger partial charge in [0.05, 0.1) is 10.6 Å². The maximum Gasteiger partial charge on any atom is 0.240 e. The first-order valence-corrected chi connectivity index (χ1v) is 8.04. The van der Waals surface area contributed by atoms with Crippen LogP contribution >= 0.6 is 0 Å². The first-order chi connectivity index (χ1) is 9.92. The second-order valence-electron chi connectivity index (χ2n) is 4.62. The van der Waals surface area contributed by atoms with E-state index in [0.717, 1.165) is 5.56 Å². The summed E-state index contributed by atoms with van der Waals surface area (Å²) < 4.78 is 32.1. The lowest BCUT2D eigenvalue weighted by Crippen LogP contribution is -2.23. The maximum absolute atomic E-state index is 12.0. The number of anilines is 1. The van der Waals surface area contributed by atoms with Gasteiger partial charge in [-0.15, -0.1) is 0 Å². The zero-order valence-corrected chi connectivity index (χ0v) is 12.8. The quantitative estimate of drug-likeness (QED) is 0.832. The highest BCUT2D eigenvalue weighted by molar-refractivity contribution is 7.89. The number of rotatable bonds is 5. The van der Waals surface area contributed by atoms with E-state index in [1.165, 1.54) is 18.2 Å². The van der Waals surface area contributed by atoms with Crippen LogP contribution in [0.1, 0.15) is 12.5 Å². The molecular weight excluding hydrogens is 288 g/mol. The molecule has 0 bridgehead atoms. The predicted octanol–water partition coefficient (Wildman–Crippen LogP) is 2.67. The van der Waals surface area contributed by atoms with E-state index in [4.69, 9.17) is 10.5 Å². The number of ether oxygens (including phenoxy) is 1. The molecule has 0 fully saturated rings. The van der Waals surface area contributed by atoms with Crippen LogP contribution in [0.4, 0.5) is 5.69 Å². The normalized spacial score (nSPS) is 11.3. The summed E-state index contributed by atoms with van der Waals surface area (Å²) in [6.45, 7) is 3.99. The van der Waals surface area contributed by atoms with E-state index in [1.807, 2.05) is 25.1 Å². The highest BCUT2D eigenvalue weighted by Gasteiger charge is 2.15. The summed E-state index contributed by atoms with van der Waals surface area (Å²) in [4.78, 5) is 0.126. The van der Waals surface area contributed by atoms with Gasteiger partial charge >= 0.3 is 0 Å². The van der Waals surface area contributed by atoms with Crippen LogP contribution in [0.2, 0.25) is 0 Å². The molecule has 112 valence electrons. The number of nitrogens with two attached hydrogens (primary N) is 1. The summed E-state index contributed by atoms with van der Waals surface area (Å²) >= 11 is 0. The summed E-state index contributed by atoms with van der Waals surface area (Å²) in [5.74, 6) is 0.930. The van der Waals surface area contributed by atoms with Crippen molar-refractivity contribution in [1.82, 2.24) is 4.72 Å². The van der Waals surface area contributed by atoms with Crippen LogP contribution in [0.5, 0.6) is 11.5 Å². The fraction of sp³-hybridized carbons (Fsp3) is 0.200. The highest BCUT2D eigenvalue weighted by Crippen LogP contribution is 2.30. The minimum atomic E-state index is -3.54. The molecule has 0 spiro atoms. The van der Waals surface area contributed by atoms with Crippen molar-refractivity contribution in [2.75, 3.05) is 12.3 Å². The molecule has 0 aromatic heterocycles. The van der Waals surface area contributed by atoms with Gasteiger partial charge in [0.2, 0.25) is 10.0 Å². The molecular formula is C15H18N2O3S. The standard InChI is InChI=1S/C15H18N2O3S/c1-3-17-21(18,19)13-7-8-14(16)15(10-13)20-12-6-4-5-11(2)9-12/h4-10,17H,3,16H2,1-2H3. The van der Waals surface area contributed by atoms with Crippen molar-refractivity contribution in [2.45, 2.75) is 18.7 Å². The monoisotopic (exact) mass is 306 g/mol. The van der Waals surface area contributed by atoms with Crippen molar-refractivity contribution >= 4 is 15.7 Å². The van der Waals surface area contributed by atoms with Gasteiger partial charge in [0.15, 0.2) is 5.75 Å². The van der Waals surface area contributed by atoms with E-state index in [-0.39, 0.29) is 4.90 Å². The molecule has 3 N–H and O–H groups in total. The Hall–Kier alpha value is -2.05. The SMILES string of the molecule is CCNS(=O)(=O)c1ccc(N)c(Oc2cccc(C)c2)c1. The third-order valence-corrected chi connectivity index (χ3v) is 4.39. The third-order valence-electron chi connectivity index (χ3n) is 2.85. The lowest BCUT2D eigenvalue weighted by atomic mass is 10.2. The Morgan fingerprint density at radius 3 is 2.62 bits per heavy atom. The minimum Gasteiger partial charge on any atom is -0.455 e. The first-order valence-electron chi connectivity index (χ1n) is 6.56. The summed E-state index contributed by atoms with van der Waals surface area (Å²) in [5.41, 5.74) is 7.28.